The van der Waals surface area contributed by atoms with E-state index < -0.39 is 17.9 Å². The number of esters is 2. The third-order valence-corrected chi connectivity index (χ3v) is 5.92. The molecular weight excluding hydrogens is 402 g/mol. The Bertz CT molecular complexity index is 961. The lowest BCUT2D eigenvalue weighted by Crippen LogP contribution is -2.19. The van der Waals surface area contributed by atoms with Crippen molar-refractivity contribution in [3.63, 3.8) is 0 Å². The molecule has 7 nitrogen and oxygen atoms in total. The number of rotatable bonds is 7. The van der Waals surface area contributed by atoms with E-state index in [0.717, 1.165) is 11.3 Å². The highest BCUT2D eigenvalue weighted by atomic mass is 32.2. The van der Waals surface area contributed by atoms with Gasteiger partial charge in [-0.05, 0) is 25.3 Å². The molecule has 0 radical (unpaired) electrons. The lowest BCUT2D eigenvalue weighted by molar-refractivity contribution is -0.145. The second kappa shape index (κ2) is 9.11. The van der Waals surface area contributed by atoms with Crippen LogP contribution < -0.4 is 9.61 Å². The van der Waals surface area contributed by atoms with E-state index in [1.165, 1.54) is 11.8 Å². The highest BCUT2D eigenvalue weighted by Gasteiger charge is 2.34. The van der Waals surface area contributed by atoms with Crippen LogP contribution >= 0.6 is 23.1 Å². The number of hydrogen-bond donors (Lipinski definition) is 1. The van der Waals surface area contributed by atoms with Crippen molar-refractivity contribution in [1.82, 2.24) is 4.98 Å². The molecule has 0 saturated carbocycles. The lowest BCUT2D eigenvalue weighted by atomic mass is 9.90. The Labute approximate surface area is 169 Å². The zero-order chi connectivity index (χ0) is 20.1. The maximum atomic E-state index is 12.6. The predicted octanol–water partition coefficient (Wildman–Crippen LogP) is 3.06. The van der Waals surface area contributed by atoms with Gasteiger partial charge in [0.25, 0.3) is 0 Å². The van der Waals surface area contributed by atoms with Crippen molar-refractivity contribution >= 4 is 35.0 Å². The summed E-state index contributed by atoms with van der Waals surface area (Å²) in [6, 6.07) is 7.11. The van der Waals surface area contributed by atoms with Crippen molar-refractivity contribution in [2.45, 2.75) is 24.8 Å². The highest BCUT2D eigenvalue weighted by Crippen LogP contribution is 2.46. The molecule has 0 bridgehead atoms. The fourth-order valence-electron chi connectivity index (χ4n) is 2.81. The fraction of sp³-hybridized carbons (Fsp3) is 0.316. The Balaban J connectivity index is 2.01. The molecule has 2 heterocycles. The number of aromatic amines is 1. The number of fused-ring (bicyclic) bond motifs is 1. The first-order valence-corrected chi connectivity index (χ1v) is 10.4. The maximum Gasteiger partial charge on any atom is 0.344 e. The fourth-order valence-corrected chi connectivity index (χ4v) is 4.88. The smallest absolute Gasteiger partial charge is 0.344 e. The standard InChI is InChI=1S/C19H19NO6S2/c1-3-24-14(21)9-26-13-8-6-5-7-11(13)15-12(18(22)25-4-2)10-27-17-16(15)28-19(23)20-17/h5-8,10,15H,3-4,9H2,1-2H3,(H,20,23)/t15-/m1/s1. The van der Waals surface area contributed by atoms with Gasteiger partial charge in [0.1, 0.15) is 5.75 Å². The molecule has 0 saturated heterocycles. The van der Waals surface area contributed by atoms with Gasteiger partial charge >= 0.3 is 16.8 Å². The Morgan fingerprint density at radius 2 is 1.89 bits per heavy atom. The number of nitrogens with one attached hydrogen (secondary N) is 1. The molecule has 1 aliphatic heterocycles. The molecule has 1 aromatic carbocycles. The van der Waals surface area contributed by atoms with Crippen molar-refractivity contribution in [3.8, 4) is 5.75 Å². The van der Waals surface area contributed by atoms with Gasteiger partial charge in [0.2, 0.25) is 0 Å². The van der Waals surface area contributed by atoms with Crippen molar-refractivity contribution in [2.24, 2.45) is 0 Å². The number of aromatic nitrogens is 1. The van der Waals surface area contributed by atoms with Gasteiger partial charge in [-0.2, -0.15) is 0 Å². The Kier molecular flexibility index (Phi) is 6.58. The van der Waals surface area contributed by atoms with E-state index in [0.29, 0.717) is 26.8 Å². The molecule has 28 heavy (non-hydrogen) atoms. The molecule has 3 rings (SSSR count). The normalized spacial score (nSPS) is 15.4. The van der Waals surface area contributed by atoms with Crippen LogP contribution in [0.5, 0.6) is 5.75 Å². The first-order valence-electron chi connectivity index (χ1n) is 8.69. The summed E-state index contributed by atoms with van der Waals surface area (Å²) >= 11 is 2.32. The SMILES string of the molecule is CCOC(=O)COc1ccccc1[C@@H]1C(C(=O)OCC)=CSc2[nH]c(=O)sc21. The average Bonchev–Trinajstić information content (AvgIpc) is 3.06. The second-order valence-electron chi connectivity index (χ2n) is 5.68. The summed E-state index contributed by atoms with van der Waals surface area (Å²) in [5.74, 6) is -1.02. The van der Waals surface area contributed by atoms with Crippen LogP contribution in [0, 0.1) is 0 Å². The molecule has 0 fully saturated rings. The highest BCUT2D eigenvalue weighted by molar-refractivity contribution is 8.02. The van der Waals surface area contributed by atoms with E-state index in [-0.39, 0.29) is 24.7 Å². The van der Waals surface area contributed by atoms with Crippen molar-refractivity contribution in [1.29, 1.82) is 0 Å². The zero-order valence-corrected chi connectivity index (χ0v) is 17.0. The Morgan fingerprint density at radius 1 is 1.14 bits per heavy atom. The van der Waals surface area contributed by atoms with Gasteiger partial charge in [-0.15, -0.1) is 0 Å². The minimum absolute atomic E-state index is 0.203. The van der Waals surface area contributed by atoms with Crippen LogP contribution in [0.4, 0.5) is 0 Å². The van der Waals surface area contributed by atoms with Gasteiger partial charge < -0.3 is 19.2 Å². The molecule has 9 heteroatoms. The van der Waals surface area contributed by atoms with E-state index in [4.69, 9.17) is 14.2 Å². The van der Waals surface area contributed by atoms with E-state index in [1.807, 2.05) is 12.1 Å². The van der Waals surface area contributed by atoms with Crippen LogP contribution in [-0.2, 0) is 19.1 Å². The summed E-state index contributed by atoms with van der Waals surface area (Å²) in [6.45, 7) is 3.71. The van der Waals surface area contributed by atoms with Crippen LogP contribution in [0.25, 0.3) is 0 Å². The van der Waals surface area contributed by atoms with E-state index in [1.54, 1.807) is 31.4 Å². The number of H-pyrrole nitrogens is 1. The monoisotopic (exact) mass is 421 g/mol. The minimum Gasteiger partial charge on any atom is -0.482 e. The lowest BCUT2D eigenvalue weighted by Gasteiger charge is -2.24. The first-order chi connectivity index (χ1) is 13.5. The molecule has 0 spiro atoms. The van der Waals surface area contributed by atoms with E-state index in [2.05, 4.69) is 4.98 Å². The summed E-state index contributed by atoms with van der Waals surface area (Å²) < 4.78 is 15.8. The molecule has 0 amide bonds. The van der Waals surface area contributed by atoms with Crippen molar-refractivity contribution in [2.75, 3.05) is 19.8 Å². The molecule has 1 aromatic heterocycles. The zero-order valence-electron chi connectivity index (χ0n) is 15.4. The van der Waals surface area contributed by atoms with Gasteiger partial charge in [0, 0.05) is 5.56 Å². The topological polar surface area (TPSA) is 94.7 Å². The number of carbonyl (C=O) groups excluding carboxylic acids is 2. The van der Waals surface area contributed by atoms with E-state index in [9.17, 15) is 14.4 Å². The Morgan fingerprint density at radius 3 is 2.64 bits per heavy atom. The number of thioether (sulfide) groups is 1. The van der Waals surface area contributed by atoms with Gasteiger partial charge in [-0.25, -0.2) is 9.59 Å². The average molecular weight is 421 g/mol. The van der Waals surface area contributed by atoms with Crippen molar-refractivity contribution in [3.05, 3.63) is 55.4 Å². The van der Waals surface area contributed by atoms with Crippen LogP contribution in [0.1, 0.15) is 30.2 Å². The third kappa shape index (κ3) is 4.31. The van der Waals surface area contributed by atoms with Gasteiger partial charge in [-0.3, -0.25) is 4.79 Å². The van der Waals surface area contributed by atoms with Gasteiger partial charge in [0.05, 0.1) is 34.6 Å². The summed E-state index contributed by atoms with van der Waals surface area (Å²) in [5.41, 5.74) is 1.09. The van der Waals surface area contributed by atoms with Gasteiger partial charge in [-0.1, -0.05) is 41.3 Å². The van der Waals surface area contributed by atoms with Crippen LogP contribution in [0.15, 0.2) is 45.1 Å². The Hall–Kier alpha value is -2.52. The molecule has 1 N–H and O–H groups in total. The first kappa shape index (κ1) is 20.2. The summed E-state index contributed by atoms with van der Waals surface area (Å²) in [4.78, 5) is 39.5. The maximum absolute atomic E-state index is 12.6. The molecule has 1 atom stereocenters. The number of para-hydroxylation sites is 1. The quantitative estimate of drug-likeness (QED) is 0.687. The number of hydrogen-bond acceptors (Lipinski definition) is 8. The summed E-state index contributed by atoms with van der Waals surface area (Å²) in [6.07, 6.45) is 0. The van der Waals surface area contributed by atoms with Crippen LogP contribution in [0.2, 0.25) is 0 Å². The molecule has 1 aliphatic rings. The van der Waals surface area contributed by atoms with Crippen LogP contribution in [-0.4, -0.2) is 36.7 Å². The summed E-state index contributed by atoms with van der Waals surface area (Å²) in [7, 11) is 0. The largest absolute Gasteiger partial charge is 0.482 e. The molecule has 0 aliphatic carbocycles. The molecule has 148 valence electrons. The van der Waals surface area contributed by atoms with Crippen molar-refractivity contribution < 1.29 is 23.8 Å². The number of ether oxygens (including phenoxy) is 3. The third-order valence-electron chi connectivity index (χ3n) is 3.91. The predicted molar refractivity (Wildman–Crippen MR) is 106 cm³/mol. The molecule has 0 unspecified atom stereocenters. The van der Waals surface area contributed by atoms with E-state index >= 15 is 0 Å². The second-order valence-corrected chi connectivity index (χ2v) is 7.58. The number of carbonyl (C=O) groups is 2. The van der Waals surface area contributed by atoms with Crippen LogP contribution in [0.3, 0.4) is 0 Å². The number of thiazole rings is 1. The molecular formula is C19H19NO6S2. The van der Waals surface area contributed by atoms with Gasteiger partial charge in [0.15, 0.2) is 6.61 Å². The molecule has 2 aromatic rings. The minimum atomic E-state index is -0.530. The summed E-state index contributed by atoms with van der Waals surface area (Å²) in [5, 5.41) is 2.38. The number of benzene rings is 1.